The highest BCUT2D eigenvalue weighted by atomic mass is 32.1. The largest absolute Gasteiger partial charge is 0.486 e. The lowest BCUT2D eigenvalue weighted by Crippen LogP contribution is -2.41. The third-order valence-corrected chi connectivity index (χ3v) is 5.51. The predicted molar refractivity (Wildman–Crippen MR) is 95.4 cm³/mol. The zero-order valence-electron chi connectivity index (χ0n) is 14.4. The molecule has 26 heavy (non-hydrogen) atoms. The van der Waals surface area contributed by atoms with Crippen LogP contribution in [0.3, 0.4) is 0 Å². The molecule has 8 heteroatoms. The van der Waals surface area contributed by atoms with E-state index < -0.39 is 0 Å². The van der Waals surface area contributed by atoms with Crippen molar-refractivity contribution in [3.05, 3.63) is 45.7 Å². The first-order chi connectivity index (χ1) is 12.4. The van der Waals surface area contributed by atoms with Gasteiger partial charge in [0.25, 0.3) is 5.91 Å². The number of halogens is 1. The van der Waals surface area contributed by atoms with E-state index >= 15 is 0 Å². The number of nitrogens with zero attached hydrogens (tertiary/aromatic N) is 2. The second-order valence-corrected chi connectivity index (χ2v) is 7.32. The molecule has 2 aromatic rings. The zero-order valence-corrected chi connectivity index (χ0v) is 15.2. The smallest absolute Gasteiger partial charge is 0.265 e. The Hall–Kier alpha value is -2.48. The number of likely N-dealkylation sites (tertiary alicyclic amines) is 1. The fourth-order valence-corrected chi connectivity index (χ4v) is 3.84. The molecule has 0 radical (unpaired) electrons. The molecule has 0 bridgehead atoms. The van der Waals surface area contributed by atoms with E-state index in [4.69, 9.17) is 10.5 Å². The molecule has 0 unspecified atom stereocenters. The SMILES string of the molecule is Cc1nc(COc2ccc(F)cc2)sc1C(=O)N1CCC(C(N)=O)CC1. The summed E-state index contributed by atoms with van der Waals surface area (Å²) in [7, 11) is 0. The minimum Gasteiger partial charge on any atom is -0.486 e. The molecular formula is C18H20FN3O3S. The van der Waals surface area contributed by atoms with Crippen molar-refractivity contribution in [3.8, 4) is 5.75 Å². The van der Waals surface area contributed by atoms with Gasteiger partial charge in [-0.3, -0.25) is 9.59 Å². The number of amides is 2. The summed E-state index contributed by atoms with van der Waals surface area (Å²) < 4.78 is 18.5. The van der Waals surface area contributed by atoms with E-state index in [-0.39, 0.29) is 30.2 Å². The van der Waals surface area contributed by atoms with Crippen molar-refractivity contribution in [2.75, 3.05) is 13.1 Å². The van der Waals surface area contributed by atoms with Crippen LogP contribution in [0, 0.1) is 18.7 Å². The Kier molecular flexibility index (Phi) is 5.51. The normalized spacial score (nSPS) is 15.1. The summed E-state index contributed by atoms with van der Waals surface area (Å²) in [5.41, 5.74) is 5.99. The third kappa shape index (κ3) is 4.19. The molecule has 6 nitrogen and oxygen atoms in total. The van der Waals surface area contributed by atoms with Gasteiger partial charge < -0.3 is 15.4 Å². The van der Waals surface area contributed by atoms with Crippen LogP contribution in [-0.4, -0.2) is 34.8 Å². The van der Waals surface area contributed by atoms with Crippen LogP contribution in [0.2, 0.25) is 0 Å². The topological polar surface area (TPSA) is 85.5 Å². The van der Waals surface area contributed by atoms with Crippen LogP contribution >= 0.6 is 11.3 Å². The van der Waals surface area contributed by atoms with Crippen molar-refractivity contribution in [1.29, 1.82) is 0 Å². The van der Waals surface area contributed by atoms with Gasteiger partial charge in [0, 0.05) is 19.0 Å². The molecule has 1 saturated heterocycles. The number of aromatic nitrogens is 1. The summed E-state index contributed by atoms with van der Waals surface area (Å²) in [5, 5.41) is 0.683. The highest BCUT2D eigenvalue weighted by molar-refractivity contribution is 7.13. The van der Waals surface area contributed by atoms with Gasteiger partial charge in [-0.15, -0.1) is 11.3 Å². The number of hydrogen-bond donors (Lipinski definition) is 1. The Labute approximate surface area is 154 Å². The third-order valence-electron chi connectivity index (χ3n) is 4.40. The number of rotatable bonds is 5. The van der Waals surface area contributed by atoms with Crippen molar-refractivity contribution >= 4 is 23.2 Å². The van der Waals surface area contributed by atoms with Gasteiger partial charge in [0.1, 0.15) is 28.1 Å². The Morgan fingerprint density at radius 1 is 1.31 bits per heavy atom. The maximum Gasteiger partial charge on any atom is 0.265 e. The van der Waals surface area contributed by atoms with E-state index in [1.54, 1.807) is 24.0 Å². The molecule has 0 spiro atoms. The number of carbonyl (C=O) groups is 2. The average Bonchev–Trinajstić information content (AvgIpc) is 3.01. The first-order valence-electron chi connectivity index (χ1n) is 8.37. The first-order valence-corrected chi connectivity index (χ1v) is 9.19. The first kappa shape index (κ1) is 18.3. The fraction of sp³-hybridized carbons (Fsp3) is 0.389. The van der Waals surface area contributed by atoms with Crippen molar-refractivity contribution < 1.29 is 18.7 Å². The van der Waals surface area contributed by atoms with Crippen LogP contribution in [0.25, 0.3) is 0 Å². The summed E-state index contributed by atoms with van der Waals surface area (Å²) in [5.74, 6) is -0.306. The number of thiazole rings is 1. The summed E-state index contributed by atoms with van der Waals surface area (Å²) >= 11 is 1.30. The van der Waals surface area contributed by atoms with Crippen LogP contribution in [0.15, 0.2) is 24.3 Å². The van der Waals surface area contributed by atoms with Crippen molar-refractivity contribution in [3.63, 3.8) is 0 Å². The van der Waals surface area contributed by atoms with E-state index in [2.05, 4.69) is 4.98 Å². The molecule has 2 amide bonds. The quantitative estimate of drug-likeness (QED) is 0.868. The van der Waals surface area contributed by atoms with Crippen LogP contribution in [0.4, 0.5) is 4.39 Å². The highest BCUT2D eigenvalue weighted by Gasteiger charge is 2.28. The van der Waals surface area contributed by atoms with E-state index in [1.165, 1.54) is 23.5 Å². The van der Waals surface area contributed by atoms with Gasteiger partial charge in [0.05, 0.1) is 5.69 Å². The minimum absolute atomic E-state index is 0.0732. The van der Waals surface area contributed by atoms with E-state index in [0.29, 0.717) is 47.3 Å². The summed E-state index contributed by atoms with van der Waals surface area (Å²) in [6.07, 6.45) is 1.19. The Morgan fingerprint density at radius 2 is 1.96 bits per heavy atom. The number of aryl methyl sites for hydroxylation is 1. The second-order valence-electron chi connectivity index (χ2n) is 6.23. The summed E-state index contributed by atoms with van der Waals surface area (Å²) in [6.45, 7) is 3.05. The van der Waals surface area contributed by atoms with Crippen molar-refractivity contribution in [2.24, 2.45) is 11.7 Å². The van der Waals surface area contributed by atoms with Gasteiger partial charge in [-0.1, -0.05) is 0 Å². The predicted octanol–water partition coefficient (Wildman–Crippen LogP) is 2.51. The lowest BCUT2D eigenvalue weighted by molar-refractivity contribution is -0.123. The molecule has 2 heterocycles. The molecule has 0 saturated carbocycles. The second kappa shape index (κ2) is 7.82. The number of hydrogen-bond acceptors (Lipinski definition) is 5. The fourth-order valence-electron chi connectivity index (χ4n) is 2.90. The maximum atomic E-state index is 12.9. The van der Waals surface area contributed by atoms with Crippen LogP contribution < -0.4 is 10.5 Å². The molecule has 0 aliphatic carbocycles. The van der Waals surface area contributed by atoms with Gasteiger partial charge >= 0.3 is 0 Å². The van der Waals surface area contributed by atoms with Gasteiger partial charge in [0.2, 0.25) is 5.91 Å². The minimum atomic E-state index is -0.324. The molecule has 138 valence electrons. The molecule has 1 aliphatic rings. The van der Waals surface area contributed by atoms with Gasteiger partial charge in [-0.25, -0.2) is 9.37 Å². The molecular weight excluding hydrogens is 357 g/mol. The van der Waals surface area contributed by atoms with Crippen LogP contribution in [0.5, 0.6) is 5.75 Å². The number of nitrogens with two attached hydrogens (primary N) is 1. The summed E-state index contributed by atoms with van der Waals surface area (Å²) in [6, 6.07) is 5.75. The number of primary amides is 1. The molecule has 1 aliphatic heterocycles. The number of benzene rings is 1. The standard InChI is InChI=1S/C18H20FN3O3S/c1-11-16(18(24)22-8-6-12(7-9-22)17(20)23)26-15(21-11)10-25-14-4-2-13(19)3-5-14/h2-5,12H,6-10H2,1H3,(H2,20,23). The van der Waals surface area contributed by atoms with Crippen LogP contribution in [0.1, 0.15) is 33.2 Å². The lowest BCUT2D eigenvalue weighted by Gasteiger charge is -2.30. The summed E-state index contributed by atoms with van der Waals surface area (Å²) in [4.78, 5) is 30.7. The van der Waals surface area contributed by atoms with Gasteiger partial charge in [-0.05, 0) is 44.0 Å². The van der Waals surface area contributed by atoms with Crippen LogP contribution in [-0.2, 0) is 11.4 Å². The van der Waals surface area contributed by atoms with Gasteiger partial charge in [-0.2, -0.15) is 0 Å². The van der Waals surface area contributed by atoms with E-state index in [9.17, 15) is 14.0 Å². The highest BCUT2D eigenvalue weighted by Crippen LogP contribution is 2.25. The maximum absolute atomic E-state index is 12.9. The number of ether oxygens (including phenoxy) is 1. The molecule has 3 rings (SSSR count). The molecule has 0 atom stereocenters. The Balaban J connectivity index is 1.61. The van der Waals surface area contributed by atoms with Gasteiger partial charge in [0.15, 0.2) is 0 Å². The molecule has 1 aromatic heterocycles. The molecule has 1 fully saturated rings. The monoisotopic (exact) mass is 377 g/mol. The number of piperidine rings is 1. The van der Waals surface area contributed by atoms with Crippen molar-refractivity contribution in [2.45, 2.75) is 26.4 Å². The lowest BCUT2D eigenvalue weighted by atomic mass is 9.96. The molecule has 2 N–H and O–H groups in total. The Morgan fingerprint density at radius 3 is 2.58 bits per heavy atom. The molecule has 1 aromatic carbocycles. The van der Waals surface area contributed by atoms with E-state index in [0.717, 1.165) is 0 Å². The Bertz CT molecular complexity index is 799. The average molecular weight is 377 g/mol. The van der Waals surface area contributed by atoms with Crippen molar-refractivity contribution in [1.82, 2.24) is 9.88 Å². The zero-order chi connectivity index (χ0) is 18.7. The van der Waals surface area contributed by atoms with E-state index in [1.807, 2.05) is 0 Å². The number of carbonyl (C=O) groups excluding carboxylic acids is 2.